The molecule has 3 aliphatic heterocycles. The first-order valence-corrected chi connectivity index (χ1v) is 6.56. The van der Waals surface area contributed by atoms with E-state index in [0.717, 1.165) is 0 Å². The van der Waals surface area contributed by atoms with Crippen molar-refractivity contribution >= 4 is 22.7 Å². The van der Waals surface area contributed by atoms with Crippen LogP contribution in [0.1, 0.15) is 0 Å². The topological polar surface area (TPSA) is 124 Å². The van der Waals surface area contributed by atoms with Gasteiger partial charge in [0.15, 0.2) is 24.4 Å². The Morgan fingerprint density at radius 1 is 0.842 bits per heavy atom. The van der Waals surface area contributed by atoms with Crippen LogP contribution in [0.15, 0.2) is 0 Å². The third-order valence-corrected chi connectivity index (χ3v) is 3.66. The second-order valence-corrected chi connectivity index (χ2v) is 5.17. The highest BCUT2D eigenvalue weighted by atomic mass is 32.3. The normalized spacial score (nSPS) is 40.4. The molecular weight excluding hydrogens is 288 g/mol. The summed E-state index contributed by atoms with van der Waals surface area (Å²) in [6.07, 6.45) is -6.11. The molecule has 3 aliphatic rings. The minimum absolute atomic E-state index is 0.180. The highest BCUT2D eigenvalue weighted by molar-refractivity contribution is 7.82. The van der Waals surface area contributed by atoms with Gasteiger partial charge in [-0.05, 0) is 0 Å². The van der Waals surface area contributed by atoms with Gasteiger partial charge in [-0.15, -0.1) is 0 Å². The van der Waals surface area contributed by atoms with E-state index in [1.54, 1.807) is 0 Å². The molecule has 0 aromatic carbocycles. The largest absolute Gasteiger partial charge is 0.508 e. The van der Waals surface area contributed by atoms with Crippen LogP contribution in [0.25, 0.3) is 0 Å². The second kappa shape index (κ2) is 4.21. The van der Waals surface area contributed by atoms with Crippen LogP contribution in [0.3, 0.4) is 0 Å². The van der Waals surface area contributed by atoms with E-state index in [0.29, 0.717) is 0 Å². The Morgan fingerprint density at radius 2 is 1.26 bits per heavy atom. The fourth-order valence-electron chi connectivity index (χ4n) is 1.96. The van der Waals surface area contributed by atoms with Crippen molar-refractivity contribution in [1.29, 1.82) is 0 Å². The smallest absolute Gasteiger partial charge is 0.430 e. The Bertz CT molecular complexity index is 472. The molecule has 4 atom stereocenters. The number of carbonyl (C=O) groups excluding carboxylic acids is 2. The molecule has 3 rings (SSSR count). The van der Waals surface area contributed by atoms with E-state index in [4.69, 9.17) is 9.47 Å². The molecule has 0 aromatic rings. The van der Waals surface area contributed by atoms with Crippen LogP contribution in [0.4, 0.5) is 9.59 Å². The molecule has 0 N–H and O–H groups in total. The predicted molar refractivity (Wildman–Crippen MR) is 51.1 cm³/mol. The molecule has 4 unspecified atom stereocenters. The summed E-state index contributed by atoms with van der Waals surface area (Å²) in [4.78, 5) is 21.7. The minimum atomic E-state index is -4.25. The molecule has 0 radical (unpaired) electrons. The Hall–Kier alpha value is -1.59. The number of cyclic esters (lactones) is 4. The molecule has 3 saturated heterocycles. The summed E-state index contributed by atoms with van der Waals surface area (Å²) in [5.41, 5.74) is 0. The molecular formula is C8H8O10S. The van der Waals surface area contributed by atoms with Crippen LogP contribution >= 0.6 is 0 Å². The maximum Gasteiger partial charge on any atom is 0.508 e. The van der Waals surface area contributed by atoms with Crippen molar-refractivity contribution in [3.05, 3.63) is 0 Å². The molecule has 0 amide bonds. The first-order valence-electron chi connectivity index (χ1n) is 5.23. The first kappa shape index (κ1) is 12.4. The average molecular weight is 296 g/mol. The summed E-state index contributed by atoms with van der Waals surface area (Å²) in [6, 6.07) is 0. The Balaban J connectivity index is 1.79. The Morgan fingerprint density at radius 3 is 1.58 bits per heavy atom. The van der Waals surface area contributed by atoms with Gasteiger partial charge < -0.3 is 18.9 Å². The third-order valence-electron chi connectivity index (χ3n) is 2.74. The van der Waals surface area contributed by atoms with Crippen LogP contribution in [0, 0.1) is 0 Å². The monoisotopic (exact) mass is 296 g/mol. The van der Waals surface area contributed by atoms with E-state index < -0.39 is 47.1 Å². The van der Waals surface area contributed by atoms with E-state index in [1.807, 2.05) is 0 Å². The van der Waals surface area contributed by atoms with Gasteiger partial charge in [-0.1, -0.05) is 0 Å². The summed E-state index contributed by atoms with van der Waals surface area (Å²) in [5, 5.41) is 0. The van der Waals surface area contributed by atoms with Crippen LogP contribution in [0.5, 0.6) is 0 Å². The number of hydrogen-bond donors (Lipinski definition) is 0. The maximum absolute atomic E-state index is 11.3. The van der Waals surface area contributed by atoms with Crippen LogP contribution in [-0.4, -0.2) is 58.4 Å². The number of rotatable bonds is 2. The fraction of sp³-hybridized carbons (Fsp3) is 0.750. The molecule has 0 saturated carbocycles. The highest BCUT2D eigenvalue weighted by Crippen LogP contribution is 2.31. The van der Waals surface area contributed by atoms with Crippen molar-refractivity contribution in [3.8, 4) is 0 Å². The van der Waals surface area contributed by atoms with Gasteiger partial charge in [-0.2, -0.15) is 8.42 Å². The summed E-state index contributed by atoms with van der Waals surface area (Å²) in [7, 11) is -4.25. The van der Waals surface area contributed by atoms with E-state index in [9.17, 15) is 18.0 Å². The lowest BCUT2D eigenvalue weighted by Crippen LogP contribution is -2.44. The van der Waals surface area contributed by atoms with E-state index in [-0.39, 0.29) is 13.2 Å². The molecule has 10 nitrogen and oxygen atoms in total. The standard InChI is InChI=1S/C8H8O10S/c9-7-13-1-3(15-7)5-6(18-19(11,12)17-5)4-2-14-8(10)16-4/h3-6H,1-2H2. The second-order valence-electron chi connectivity index (χ2n) is 3.96. The minimum Gasteiger partial charge on any atom is -0.430 e. The molecule has 0 aromatic heterocycles. The van der Waals surface area contributed by atoms with Crippen molar-refractivity contribution in [2.45, 2.75) is 24.4 Å². The van der Waals surface area contributed by atoms with Crippen LogP contribution in [-0.2, 0) is 37.7 Å². The number of ether oxygens (including phenoxy) is 4. The lowest BCUT2D eigenvalue weighted by atomic mass is 10.0. The van der Waals surface area contributed by atoms with E-state index in [2.05, 4.69) is 17.8 Å². The molecule has 19 heavy (non-hydrogen) atoms. The van der Waals surface area contributed by atoms with Crippen LogP contribution < -0.4 is 0 Å². The van der Waals surface area contributed by atoms with Gasteiger partial charge in [0.2, 0.25) is 0 Å². The predicted octanol–water partition coefficient (Wildman–Crippen LogP) is -0.914. The van der Waals surface area contributed by atoms with Crippen molar-refractivity contribution in [2.75, 3.05) is 13.2 Å². The van der Waals surface area contributed by atoms with Crippen molar-refractivity contribution in [1.82, 2.24) is 0 Å². The Labute approximate surface area is 106 Å². The number of carbonyl (C=O) groups is 2. The van der Waals surface area contributed by atoms with Crippen LogP contribution in [0.2, 0.25) is 0 Å². The lowest BCUT2D eigenvalue weighted by Gasteiger charge is -2.20. The third kappa shape index (κ3) is 2.31. The molecule has 0 spiro atoms. The molecule has 0 aliphatic carbocycles. The summed E-state index contributed by atoms with van der Waals surface area (Å²) in [5.74, 6) is 0. The molecule has 106 valence electrons. The fourth-order valence-corrected chi connectivity index (χ4v) is 3.02. The van der Waals surface area contributed by atoms with Crippen molar-refractivity contribution in [3.63, 3.8) is 0 Å². The van der Waals surface area contributed by atoms with Gasteiger partial charge in [0.05, 0.1) is 0 Å². The highest BCUT2D eigenvalue weighted by Gasteiger charge is 2.54. The van der Waals surface area contributed by atoms with E-state index >= 15 is 0 Å². The van der Waals surface area contributed by atoms with Gasteiger partial charge in [-0.3, -0.25) is 0 Å². The van der Waals surface area contributed by atoms with Crippen molar-refractivity contribution < 1.29 is 45.3 Å². The summed E-state index contributed by atoms with van der Waals surface area (Å²) < 4.78 is 50.6. The van der Waals surface area contributed by atoms with Gasteiger partial charge in [0, 0.05) is 0 Å². The summed E-state index contributed by atoms with van der Waals surface area (Å²) >= 11 is 0. The number of hydrogen-bond acceptors (Lipinski definition) is 10. The van der Waals surface area contributed by atoms with Crippen molar-refractivity contribution in [2.24, 2.45) is 0 Å². The molecule has 0 bridgehead atoms. The maximum atomic E-state index is 11.3. The quantitative estimate of drug-likeness (QED) is 0.591. The zero-order chi connectivity index (χ0) is 13.6. The zero-order valence-corrected chi connectivity index (χ0v) is 10.0. The molecule has 3 fully saturated rings. The van der Waals surface area contributed by atoms with Gasteiger partial charge >= 0.3 is 22.7 Å². The first-order chi connectivity index (χ1) is 8.94. The van der Waals surface area contributed by atoms with E-state index in [1.165, 1.54) is 0 Å². The van der Waals surface area contributed by atoms with Gasteiger partial charge in [0.25, 0.3) is 0 Å². The van der Waals surface area contributed by atoms with Gasteiger partial charge in [-0.25, -0.2) is 18.0 Å². The van der Waals surface area contributed by atoms with Gasteiger partial charge in [0.1, 0.15) is 13.2 Å². The molecule has 3 heterocycles. The average Bonchev–Trinajstić information content (AvgIpc) is 2.98. The molecule has 11 heteroatoms. The lowest BCUT2D eigenvalue weighted by molar-refractivity contribution is -0.0163. The SMILES string of the molecule is O=C1OCC(C2OS(=O)(=O)OC2C2COC(=O)O2)O1. The summed E-state index contributed by atoms with van der Waals surface area (Å²) in [6.45, 7) is -0.360. The zero-order valence-electron chi connectivity index (χ0n) is 9.21. The Kier molecular flexibility index (Phi) is 2.76.